The van der Waals surface area contributed by atoms with Gasteiger partial charge in [-0.3, -0.25) is 0 Å². The summed E-state index contributed by atoms with van der Waals surface area (Å²) < 4.78 is 0. The minimum absolute atomic E-state index is 0.414. The van der Waals surface area contributed by atoms with E-state index in [4.69, 9.17) is 5.73 Å². The van der Waals surface area contributed by atoms with E-state index in [0.717, 1.165) is 17.8 Å². The molecule has 0 spiro atoms. The lowest BCUT2D eigenvalue weighted by Crippen LogP contribution is -2.42. The lowest BCUT2D eigenvalue weighted by Gasteiger charge is -2.37. The van der Waals surface area contributed by atoms with Crippen LogP contribution < -0.4 is 5.73 Å². The van der Waals surface area contributed by atoms with Crippen molar-refractivity contribution >= 4 is 0 Å². The third-order valence-electron chi connectivity index (χ3n) is 5.65. The summed E-state index contributed by atoms with van der Waals surface area (Å²) in [5.74, 6) is 2.23. The minimum Gasteiger partial charge on any atom is -0.327 e. The average Bonchev–Trinajstić information content (AvgIpc) is 3.11. The molecule has 0 heterocycles. The molecule has 1 aromatic rings. The van der Waals surface area contributed by atoms with Crippen LogP contribution in [0.5, 0.6) is 0 Å². The van der Waals surface area contributed by atoms with Crippen LogP contribution in [0.1, 0.15) is 63.9 Å². The van der Waals surface area contributed by atoms with Gasteiger partial charge >= 0.3 is 0 Å². The maximum atomic E-state index is 6.80. The third-order valence-corrected chi connectivity index (χ3v) is 5.65. The Morgan fingerprint density at radius 3 is 2.40 bits per heavy atom. The van der Waals surface area contributed by atoms with Gasteiger partial charge in [-0.05, 0) is 54.4 Å². The van der Waals surface area contributed by atoms with Gasteiger partial charge in [-0.25, -0.2) is 0 Å². The number of rotatable bonds is 5. The second-order valence-electron chi connectivity index (χ2n) is 7.61. The number of nitrogens with two attached hydrogens (primary N) is 1. The fourth-order valence-electron chi connectivity index (χ4n) is 4.71. The first-order valence-electron chi connectivity index (χ1n) is 8.43. The van der Waals surface area contributed by atoms with Crippen LogP contribution in [0.25, 0.3) is 0 Å². The lowest BCUT2D eigenvalue weighted by atomic mass is 9.71. The Kier molecular flexibility index (Phi) is 3.90. The Hall–Kier alpha value is -0.820. The predicted octanol–water partition coefficient (Wildman–Crippen LogP) is 4.72. The topological polar surface area (TPSA) is 26.0 Å². The van der Waals surface area contributed by atoms with Crippen LogP contribution in [-0.2, 0) is 0 Å². The van der Waals surface area contributed by atoms with Gasteiger partial charge in [0.15, 0.2) is 0 Å². The summed E-state index contributed by atoms with van der Waals surface area (Å²) in [6.45, 7) is 4.71. The van der Waals surface area contributed by atoms with Gasteiger partial charge in [0.25, 0.3) is 0 Å². The van der Waals surface area contributed by atoms with E-state index in [0.29, 0.717) is 11.5 Å². The van der Waals surface area contributed by atoms with Crippen LogP contribution in [-0.4, -0.2) is 6.04 Å². The Balaban J connectivity index is 1.71. The zero-order valence-electron chi connectivity index (χ0n) is 13.0. The normalized spacial score (nSPS) is 29.6. The first-order chi connectivity index (χ1) is 9.62. The van der Waals surface area contributed by atoms with Crippen molar-refractivity contribution in [3.05, 3.63) is 35.9 Å². The average molecular weight is 271 g/mol. The molecule has 0 aromatic heterocycles. The minimum atomic E-state index is 0.414. The van der Waals surface area contributed by atoms with E-state index in [1.165, 1.54) is 44.1 Å². The van der Waals surface area contributed by atoms with Gasteiger partial charge in [0.1, 0.15) is 0 Å². The van der Waals surface area contributed by atoms with Gasteiger partial charge < -0.3 is 5.73 Å². The van der Waals surface area contributed by atoms with Crippen LogP contribution in [0.3, 0.4) is 0 Å². The molecule has 3 rings (SSSR count). The molecule has 0 aliphatic heterocycles. The van der Waals surface area contributed by atoms with E-state index in [2.05, 4.69) is 44.2 Å². The summed E-state index contributed by atoms with van der Waals surface area (Å²) in [6, 6.07) is 11.4. The summed E-state index contributed by atoms with van der Waals surface area (Å²) in [5, 5.41) is 0. The van der Waals surface area contributed by atoms with E-state index >= 15 is 0 Å². The van der Waals surface area contributed by atoms with Crippen molar-refractivity contribution in [2.24, 2.45) is 23.0 Å². The maximum absolute atomic E-state index is 6.80. The molecule has 2 fully saturated rings. The third kappa shape index (κ3) is 2.65. The monoisotopic (exact) mass is 271 g/mol. The summed E-state index contributed by atoms with van der Waals surface area (Å²) in [7, 11) is 0. The Labute approximate surface area is 124 Å². The highest BCUT2D eigenvalue weighted by Crippen LogP contribution is 2.57. The van der Waals surface area contributed by atoms with Gasteiger partial charge in [-0.15, -0.1) is 0 Å². The van der Waals surface area contributed by atoms with Gasteiger partial charge in [0.05, 0.1) is 0 Å². The Morgan fingerprint density at radius 1 is 1.15 bits per heavy atom. The zero-order chi connectivity index (χ0) is 14.2. The molecule has 3 unspecified atom stereocenters. The van der Waals surface area contributed by atoms with Crippen LogP contribution in [0.4, 0.5) is 0 Å². The lowest BCUT2D eigenvalue weighted by molar-refractivity contribution is 0.166. The fourth-order valence-corrected chi connectivity index (χ4v) is 4.71. The van der Waals surface area contributed by atoms with Crippen molar-refractivity contribution < 1.29 is 0 Å². The zero-order valence-corrected chi connectivity index (χ0v) is 13.0. The molecule has 1 heteroatoms. The number of benzene rings is 1. The molecule has 0 bridgehead atoms. The van der Waals surface area contributed by atoms with Gasteiger partial charge in [0, 0.05) is 6.04 Å². The largest absolute Gasteiger partial charge is 0.327 e. The van der Waals surface area contributed by atoms with Gasteiger partial charge in [-0.2, -0.15) is 0 Å². The molecule has 0 radical (unpaired) electrons. The molecule has 3 atom stereocenters. The van der Waals surface area contributed by atoms with Gasteiger partial charge in [-0.1, -0.05) is 57.0 Å². The maximum Gasteiger partial charge on any atom is 0.0130 e. The van der Waals surface area contributed by atoms with Crippen molar-refractivity contribution in [3.63, 3.8) is 0 Å². The molecular formula is C19H29N. The molecule has 110 valence electrons. The molecule has 2 aliphatic carbocycles. The van der Waals surface area contributed by atoms with E-state index in [-0.39, 0.29) is 0 Å². The van der Waals surface area contributed by atoms with Crippen LogP contribution >= 0.6 is 0 Å². The van der Waals surface area contributed by atoms with E-state index in [9.17, 15) is 0 Å². The molecule has 0 amide bonds. The standard InChI is InChI=1S/C19H29N/c1-14(2)13-19(10-6-7-11-19)18(20)17-12-16(17)15-8-4-3-5-9-15/h3-5,8-9,14,16-18H,6-7,10-13,20H2,1-2H3. The highest BCUT2D eigenvalue weighted by molar-refractivity contribution is 5.27. The van der Waals surface area contributed by atoms with Crippen LogP contribution in [0, 0.1) is 17.3 Å². The van der Waals surface area contributed by atoms with E-state index in [1.54, 1.807) is 0 Å². The summed E-state index contributed by atoms with van der Waals surface area (Å²) in [4.78, 5) is 0. The molecule has 1 aromatic carbocycles. The summed E-state index contributed by atoms with van der Waals surface area (Å²) >= 11 is 0. The van der Waals surface area contributed by atoms with Crippen LogP contribution in [0.2, 0.25) is 0 Å². The summed E-state index contributed by atoms with van der Waals surface area (Å²) in [6.07, 6.45) is 8.15. The van der Waals surface area contributed by atoms with Crippen molar-refractivity contribution in [1.82, 2.24) is 0 Å². The summed E-state index contributed by atoms with van der Waals surface area (Å²) in [5.41, 5.74) is 8.75. The quantitative estimate of drug-likeness (QED) is 0.823. The van der Waals surface area contributed by atoms with E-state index < -0.39 is 0 Å². The fraction of sp³-hybridized carbons (Fsp3) is 0.684. The van der Waals surface area contributed by atoms with Gasteiger partial charge in [0.2, 0.25) is 0 Å². The van der Waals surface area contributed by atoms with E-state index in [1.807, 2.05) is 0 Å². The molecule has 0 saturated heterocycles. The highest BCUT2D eigenvalue weighted by atomic mass is 14.8. The molecule has 2 saturated carbocycles. The predicted molar refractivity (Wildman–Crippen MR) is 85.6 cm³/mol. The van der Waals surface area contributed by atoms with Crippen molar-refractivity contribution in [3.8, 4) is 0 Å². The number of hydrogen-bond acceptors (Lipinski definition) is 1. The van der Waals surface area contributed by atoms with Crippen molar-refractivity contribution in [1.29, 1.82) is 0 Å². The first-order valence-corrected chi connectivity index (χ1v) is 8.43. The Morgan fingerprint density at radius 2 is 1.80 bits per heavy atom. The molecule has 20 heavy (non-hydrogen) atoms. The highest BCUT2D eigenvalue weighted by Gasteiger charge is 2.51. The first kappa shape index (κ1) is 14.1. The molecular weight excluding hydrogens is 242 g/mol. The molecule has 1 nitrogen and oxygen atoms in total. The van der Waals surface area contributed by atoms with Crippen molar-refractivity contribution in [2.75, 3.05) is 0 Å². The van der Waals surface area contributed by atoms with Crippen LogP contribution in [0.15, 0.2) is 30.3 Å². The second kappa shape index (κ2) is 5.52. The van der Waals surface area contributed by atoms with Crippen molar-refractivity contribution in [2.45, 2.75) is 64.3 Å². The Bertz CT molecular complexity index is 430. The SMILES string of the molecule is CC(C)CC1(C(N)C2CC2c2ccccc2)CCCC1. The number of hydrogen-bond donors (Lipinski definition) is 1. The molecule has 2 N–H and O–H groups in total. The smallest absolute Gasteiger partial charge is 0.0130 e. The second-order valence-corrected chi connectivity index (χ2v) is 7.61. The molecule has 2 aliphatic rings.